The van der Waals surface area contributed by atoms with Gasteiger partial charge in [-0.1, -0.05) is 29.3 Å². The molecule has 0 unspecified atom stereocenters. The van der Waals surface area contributed by atoms with Crippen molar-refractivity contribution in [2.24, 2.45) is 0 Å². The normalized spacial score (nSPS) is 10.1. The highest BCUT2D eigenvalue weighted by Gasteiger charge is 2.03. The Hall–Kier alpha value is -1.38. The first kappa shape index (κ1) is 11.1. The molecular weight excluding hydrogens is 245 g/mol. The van der Waals surface area contributed by atoms with E-state index in [1.165, 1.54) is 0 Å². The number of hydrogen-bond acceptors (Lipinski definition) is 2. The molecule has 0 amide bonds. The van der Waals surface area contributed by atoms with Crippen LogP contribution in [0.4, 0.5) is 5.69 Å². The van der Waals surface area contributed by atoms with Gasteiger partial charge in [0.1, 0.15) is 11.5 Å². The Morgan fingerprint density at radius 3 is 2.38 bits per heavy atom. The summed E-state index contributed by atoms with van der Waals surface area (Å²) < 4.78 is 5.58. The first-order chi connectivity index (χ1) is 7.65. The molecule has 0 bridgehead atoms. The molecule has 0 fully saturated rings. The Morgan fingerprint density at radius 2 is 1.69 bits per heavy atom. The standard InChI is InChI=1S/C12H9Cl2NO/c13-8-2-1-3-10(6-8)16-12-5-4-9(14)7-11(12)15/h1-7H,15H2. The van der Waals surface area contributed by atoms with Gasteiger partial charge >= 0.3 is 0 Å². The molecule has 2 aromatic rings. The van der Waals surface area contributed by atoms with Crippen LogP contribution in [0.2, 0.25) is 10.0 Å². The van der Waals surface area contributed by atoms with Crippen LogP contribution in [-0.4, -0.2) is 0 Å². The van der Waals surface area contributed by atoms with Gasteiger partial charge in [-0.05, 0) is 36.4 Å². The van der Waals surface area contributed by atoms with Crippen molar-refractivity contribution in [3.05, 3.63) is 52.5 Å². The molecule has 0 radical (unpaired) electrons. The summed E-state index contributed by atoms with van der Waals surface area (Å²) in [6.45, 7) is 0. The molecule has 2 aromatic carbocycles. The molecule has 2 nitrogen and oxygen atoms in total. The lowest BCUT2D eigenvalue weighted by Gasteiger charge is -2.08. The fraction of sp³-hybridized carbons (Fsp3) is 0. The second-order valence-electron chi connectivity index (χ2n) is 3.24. The third kappa shape index (κ3) is 2.60. The van der Waals surface area contributed by atoms with E-state index in [0.717, 1.165) is 0 Å². The van der Waals surface area contributed by atoms with E-state index in [9.17, 15) is 0 Å². The maximum absolute atomic E-state index is 5.84. The zero-order chi connectivity index (χ0) is 11.5. The van der Waals surface area contributed by atoms with E-state index in [0.29, 0.717) is 27.2 Å². The molecule has 0 aliphatic heterocycles. The number of nitrogen functional groups attached to an aromatic ring is 1. The summed E-state index contributed by atoms with van der Waals surface area (Å²) in [7, 11) is 0. The second kappa shape index (κ2) is 4.64. The van der Waals surface area contributed by atoms with Gasteiger partial charge in [0.05, 0.1) is 5.69 Å². The average molecular weight is 254 g/mol. The van der Waals surface area contributed by atoms with Gasteiger partial charge in [-0.15, -0.1) is 0 Å². The number of rotatable bonds is 2. The highest BCUT2D eigenvalue weighted by Crippen LogP contribution is 2.30. The molecule has 2 rings (SSSR count). The predicted molar refractivity (Wildman–Crippen MR) is 67.4 cm³/mol. The first-order valence-electron chi connectivity index (χ1n) is 4.63. The lowest BCUT2D eigenvalue weighted by molar-refractivity contribution is 0.485. The van der Waals surface area contributed by atoms with Gasteiger partial charge in [-0.2, -0.15) is 0 Å². The summed E-state index contributed by atoms with van der Waals surface area (Å²) >= 11 is 11.6. The van der Waals surface area contributed by atoms with Crippen molar-refractivity contribution in [2.45, 2.75) is 0 Å². The van der Waals surface area contributed by atoms with Crippen molar-refractivity contribution < 1.29 is 4.74 Å². The van der Waals surface area contributed by atoms with Crippen LogP contribution in [0.25, 0.3) is 0 Å². The Labute approximate surface area is 104 Å². The number of anilines is 1. The molecule has 0 heterocycles. The molecule has 0 spiro atoms. The van der Waals surface area contributed by atoms with Crippen LogP contribution in [0, 0.1) is 0 Å². The monoisotopic (exact) mass is 253 g/mol. The Kier molecular flexibility index (Phi) is 3.22. The van der Waals surface area contributed by atoms with Crippen LogP contribution in [0.5, 0.6) is 11.5 Å². The predicted octanol–water partition coefficient (Wildman–Crippen LogP) is 4.37. The van der Waals surface area contributed by atoms with Crippen molar-refractivity contribution in [1.82, 2.24) is 0 Å². The molecule has 0 saturated carbocycles. The van der Waals surface area contributed by atoms with E-state index in [4.69, 9.17) is 33.7 Å². The van der Waals surface area contributed by atoms with E-state index in [1.807, 2.05) is 6.07 Å². The highest BCUT2D eigenvalue weighted by atomic mass is 35.5. The van der Waals surface area contributed by atoms with Gasteiger partial charge in [-0.3, -0.25) is 0 Å². The van der Waals surface area contributed by atoms with Gasteiger partial charge in [0.15, 0.2) is 0 Å². The first-order valence-corrected chi connectivity index (χ1v) is 5.39. The third-order valence-corrected chi connectivity index (χ3v) is 2.47. The van der Waals surface area contributed by atoms with Crippen molar-refractivity contribution in [2.75, 3.05) is 5.73 Å². The molecule has 0 atom stereocenters. The van der Waals surface area contributed by atoms with E-state index in [-0.39, 0.29) is 0 Å². The number of halogens is 2. The molecule has 82 valence electrons. The smallest absolute Gasteiger partial charge is 0.150 e. The largest absolute Gasteiger partial charge is 0.455 e. The van der Waals surface area contributed by atoms with Gasteiger partial charge in [0, 0.05) is 10.0 Å². The zero-order valence-electron chi connectivity index (χ0n) is 8.28. The van der Waals surface area contributed by atoms with Gasteiger partial charge in [0.2, 0.25) is 0 Å². The molecule has 0 saturated heterocycles. The van der Waals surface area contributed by atoms with Crippen molar-refractivity contribution in [3.63, 3.8) is 0 Å². The minimum Gasteiger partial charge on any atom is -0.455 e. The summed E-state index contributed by atoms with van der Waals surface area (Å²) in [6, 6.07) is 12.2. The van der Waals surface area contributed by atoms with Crippen LogP contribution in [0.3, 0.4) is 0 Å². The Balaban J connectivity index is 2.27. The lowest BCUT2D eigenvalue weighted by atomic mass is 10.3. The molecule has 0 aliphatic carbocycles. The maximum atomic E-state index is 5.84. The van der Waals surface area contributed by atoms with E-state index >= 15 is 0 Å². The van der Waals surface area contributed by atoms with E-state index in [1.54, 1.807) is 36.4 Å². The molecule has 2 N–H and O–H groups in total. The maximum Gasteiger partial charge on any atom is 0.150 e. The summed E-state index contributed by atoms with van der Waals surface area (Å²) in [5, 5.41) is 1.20. The summed E-state index contributed by atoms with van der Waals surface area (Å²) in [5.41, 5.74) is 6.26. The third-order valence-electron chi connectivity index (χ3n) is 2.00. The summed E-state index contributed by atoms with van der Waals surface area (Å²) in [4.78, 5) is 0. The van der Waals surface area contributed by atoms with E-state index in [2.05, 4.69) is 0 Å². The average Bonchev–Trinajstić information content (AvgIpc) is 2.22. The second-order valence-corrected chi connectivity index (χ2v) is 4.11. The summed E-state index contributed by atoms with van der Waals surface area (Å²) in [5.74, 6) is 1.20. The van der Waals surface area contributed by atoms with Crippen LogP contribution in [-0.2, 0) is 0 Å². The highest BCUT2D eigenvalue weighted by molar-refractivity contribution is 6.31. The minimum atomic E-state index is 0.493. The Bertz CT molecular complexity index is 514. The van der Waals surface area contributed by atoms with Crippen molar-refractivity contribution in [3.8, 4) is 11.5 Å². The molecular formula is C12H9Cl2NO. The molecule has 4 heteroatoms. The minimum absolute atomic E-state index is 0.493. The molecule has 0 aromatic heterocycles. The summed E-state index contributed by atoms with van der Waals surface area (Å²) in [6.07, 6.45) is 0. The quantitative estimate of drug-likeness (QED) is 0.807. The molecule has 16 heavy (non-hydrogen) atoms. The molecule has 0 aliphatic rings. The topological polar surface area (TPSA) is 35.2 Å². The number of nitrogens with two attached hydrogens (primary N) is 1. The number of ether oxygens (including phenoxy) is 1. The van der Waals surface area contributed by atoms with Crippen LogP contribution in [0.1, 0.15) is 0 Å². The number of hydrogen-bond donors (Lipinski definition) is 1. The number of benzene rings is 2. The van der Waals surface area contributed by atoms with Gasteiger partial charge in [0.25, 0.3) is 0 Å². The lowest BCUT2D eigenvalue weighted by Crippen LogP contribution is -1.91. The van der Waals surface area contributed by atoms with Crippen molar-refractivity contribution in [1.29, 1.82) is 0 Å². The Morgan fingerprint density at radius 1 is 0.938 bits per heavy atom. The van der Waals surface area contributed by atoms with Gasteiger partial charge in [-0.25, -0.2) is 0 Å². The van der Waals surface area contributed by atoms with Crippen LogP contribution < -0.4 is 10.5 Å². The zero-order valence-corrected chi connectivity index (χ0v) is 9.79. The van der Waals surface area contributed by atoms with E-state index < -0.39 is 0 Å². The van der Waals surface area contributed by atoms with Crippen molar-refractivity contribution >= 4 is 28.9 Å². The fourth-order valence-corrected chi connectivity index (χ4v) is 1.63. The fourth-order valence-electron chi connectivity index (χ4n) is 1.27. The SMILES string of the molecule is Nc1cc(Cl)ccc1Oc1cccc(Cl)c1. The van der Waals surface area contributed by atoms with Gasteiger partial charge < -0.3 is 10.5 Å². The van der Waals surface area contributed by atoms with Crippen LogP contribution >= 0.6 is 23.2 Å². The van der Waals surface area contributed by atoms with Crippen LogP contribution in [0.15, 0.2) is 42.5 Å².